The van der Waals surface area contributed by atoms with Gasteiger partial charge in [0.1, 0.15) is 0 Å². The largest absolute Gasteiger partial charge is 0.511 e. The molecular weight excluding hydrogens is 383 g/mol. The van der Waals surface area contributed by atoms with Gasteiger partial charge in [0, 0.05) is 51.7 Å². The number of hydrogen-bond acceptors (Lipinski definition) is 3. The molecule has 1 aliphatic rings. The van der Waals surface area contributed by atoms with Crippen LogP contribution >= 0.6 is 0 Å². The lowest BCUT2D eigenvalue weighted by molar-refractivity contribution is -0.0496. The molecule has 0 unspecified atom stereocenters. The van der Waals surface area contributed by atoms with Crippen LogP contribution in [0.2, 0.25) is 0 Å². The highest BCUT2D eigenvalue weighted by molar-refractivity contribution is 7.90. The van der Waals surface area contributed by atoms with Crippen LogP contribution in [-0.4, -0.2) is 61.5 Å². The zero-order chi connectivity index (χ0) is 19.9. The van der Waals surface area contributed by atoms with Gasteiger partial charge in [-0.3, -0.25) is 4.99 Å². The summed E-state index contributed by atoms with van der Waals surface area (Å²) in [5, 5.41) is 6.34. The van der Waals surface area contributed by atoms with E-state index < -0.39 is 15.5 Å². The van der Waals surface area contributed by atoms with Crippen molar-refractivity contribution in [2.24, 2.45) is 10.9 Å². The summed E-state index contributed by atoms with van der Waals surface area (Å²) in [6.07, 6.45) is 4.66. The monoisotopic (exact) mass is 409 g/mol. The van der Waals surface area contributed by atoms with E-state index in [1.54, 1.807) is 0 Å². The predicted octanol–water partition coefficient (Wildman–Crippen LogP) is 1.60. The average molecular weight is 409 g/mol. The van der Waals surface area contributed by atoms with E-state index in [1.807, 2.05) is 36.0 Å². The molecule has 11 heteroatoms. The van der Waals surface area contributed by atoms with Crippen LogP contribution < -0.4 is 10.6 Å². The van der Waals surface area contributed by atoms with Gasteiger partial charge in [0.15, 0.2) is 5.96 Å². The molecule has 1 aliphatic heterocycles. The van der Waals surface area contributed by atoms with Gasteiger partial charge in [0.25, 0.3) is 0 Å². The zero-order valence-corrected chi connectivity index (χ0v) is 16.1. The van der Waals surface area contributed by atoms with E-state index in [-0.39, 0.29) is 19.0 Å². The first-order valence-corrected chi connectivity index (χ1v) is 10.4. The molecule has 0 atom stereocenters. The number of sulfonamides is 1. The Bertz CT molecular complexity index is 696. The van der Waals surface area contributed by atoms with Crippen LogP contribution in [0.1, 0.15) is 19.8 Å². The smallest absolute Gasteiger partial charge is 0.357 e. The first-order valence-electron chi connectivity index (χ1n) is 8.93. The minimum atomic E-state index is -5.24. The second-order valence-electron chi connectivity index (χ2n) is 6.36. The molecule has 0 amide bonds. The lowest BCUT2D eigenvalue weighted by Crippen LogP contribution is -2.45. The fourth-order valence-corrected chi connectivity index (χ4v) is 3.85. The normalized spacial score (nSPS) is 17.9. The number of hydrogen-bond donors (Lipinski definition) is 2. The van der Waals surface area contributed by atoms with E-state index in [1.165, 1.54) is 0 Å². The number of rotatable bonds is 7. The van der Waals surface area contributed by atoms with Crippen molar-refractivity contribution in [3.05, 3.63) is 24.5 Å². The second-order valence-corrected chi connectivity index (χ2v) is 8.29. The first-order chi connectivity index (χ1) is 12.7. The molecule has 1 aromatic heterocycles. The number of nitrogens with zero attached hydrogens (tertiary/aromatic N) is 3. The molecule has 1 aromatic rings. The third-order valence-corrected chi connectivity index (χ3v) is 6.02. The van der Waals surface area contributed by atoms with Crippen molar-refractivity contribution in [1.29, 1.82) is 0 Å². The highest BCUT2D eigenvalue weighted by atomic mass is 32.2. The predicted molar refractivity (Wildman–Crippen MR) is 97.7 cm³/mol. The molecule has 27 heavy (non-hydrogen) atoms. The summed E-state index contributed by atoms with van der Waals surface area (Å²) in [4.78, 5) is 4.49. The maximum Gasteiger partial charge on any atom is 0.511 e. The molecule has 154 valence electrons. The Morgan fingerprint density at radius 3 is 2.37 bits per heavy atom. The van der Waals surface area contributed by atoms with E-state index in [2.05, 4.69) is 15.6 Å². The summed E-state index contributed by atoms with van der Waals surface area (Å²) in [5.41, 5.74) is -5.24. The SMILES string of the molecule is CCNC(=NCC1CCN(S(=O)(=O)C(F)(F)F)CC1)NCCn1cccc1. The minimum Gasteiger partial charge on any atom is -0.357 e. The van der Waals surface area contributed by atoms with Crippen LogP contribution in [0.25, 0.3) is 0 Å². The summed E-state index contributed by atoms with van der Waals surface area (Å²) >= 11 is 0. The molecule has 0 bridgehead atoms. The van der Waals surface area contributed by atoms with Crippen molar-refractivity contribution >= 4 is 16.0 Å². The molecule has 1 fully saturated rings. The summed E-state index contributed by atoms with van der Waals surface area (Å²) in [7, 11) is -5.23. The Kier molecular flexibility index (Phi) is 7.54. The summed E-state index contributed by atoms with van der Waals surface area (Å²) in [5.74, 6) is 0.708. The number of halogens is 3. The summed E-state index contributed by atoms with van der Waals surface area (Å²) in [6, 6.07) is 3.90. The lowest BCUT2D eigenvalue weighted by Gasteiger charge is -2.30. The van der Waals surface area contributed by atoms with Gasteiger partial charge in [-0.15, -0.1) is 0 Å². The topological polar surface area (TPSA) is 78.7 Å². The number of aromatic nitrogens is 1. The van der Waals surface area contributed by atoms with E-state index in [9.17, 15) is 21.6 Å². The first kappa shape index (κ1) is 21.5. The molecular formula is C16H26F3N5O2S. The van der Waals surface area contributed by atoms with Gasteiger partial charge in [-0.05, 0) is 37.8 Å². The lowest BCUT2D eigenvalue weighted by atomic mass is 9.98. The standard InChI is InChI=1S/C16H26F3N5O2S/c1-2-20-15(21-7-12-23-8-3-4-9-23)22-13-14-5-10-24(11-6-14)27(25,26)16(17,18)19/h3-4,8-9,14H,2,5-7,10-13H2,1H3,(H2,20,21,22). The summed E-state index contributed by atoms with van der Waals surface area (Å²) in [6.45, 7) is 4.30. The van der Waals surface area contributed by atoms with Gasteiger partial charge >= 0.3 is 15.5 Å². The number of nitrogens with one attached hydrogen (secondary N) is 2. The fourth-order valence-electron chi connectivity index (χ4n) is 2.86. The number of alkyl halides is 3. The molecule has 0 aromatic carbocycles. The van der Waals surface area contributed by atoms with E-state index in [0.717, 1.165) is 6.54 Å². The maximum absolute atomic E-state index is 12.6. The Balaban J connectivity index is 1.81. The summed E-state index contributed by atoms with van der Waals surface area (Å²) < 4.78 is 63.2. The van der Waals surface area contributed by atoms with Crippen molar-refractivity contribution in [3.8, 4) is 0 Å². The Morgan fingerprint density at radius 1 is 1.19 bits per heavy atom. The highest BCUT2D eigenvalue weighted by Crippen LogP contribution is 2.30. The van der Waals surface area contributed by atoms with Crippen LogP contribution in [0, 0.1) is 5.92 Å². The van der Waals surface area contributed by atoms with Gasteiger partial charge in [-0.25, -0.2) is 8.42 Å². The van der Waals surface area contributed by atoms with Crippen molar-refractivity contribution in [1.82, 2.24) is 19.5 Å². The Hall–Kier alpha value is -1.75. The molecule has 0 aliphatic carbocycles. The van der Waals surface area contributed by atoms with Crippen molar-refractivity contribution in [3.63, 3.8) is 0 Å². The van der Waals surface area contributed by atoms with Crippen LogP contribution in [-0.2, 0) is 16.6 Å². The maximum atomic E-state index is 12.6. The molecule has 0 radical (unpaired) electrons. The molecule has 0 spiro atoms. The van der Waals surface area contributed by atoms with E-state index in [0.29, 0.717) is 42.7 Å². The van der Waals surface area contributed by atoms with Gasteiger partial charge < -0.3 is 15.2 Å². The van der Waals surface area contributed by atoms with Gasteiger partial charge in [-0.1, -0.05) is 0 Å². The average Bonchev–Trinajstić information content (AvgIpc) is 3.12. The molecule has 7 nitrogen and oxygen atoms in total. The highest BCUT2D eigenvalue weighted by Gasteiger charge is 2.50. The molecule has 2 rings (SSSR count). The van der Waals surface area contributed by atoms with Crippen LogP contribution in [0.3, 0.4) is 0 Å². The van der Waals surface area contributed by atoms with Gasteiger partial charge in [-0.2, -0.15) is 17.5 Å². The molecule has 2 N–H and O–H groups in total. The quantitative estimate of drug-likeness (QED) is 0.530. The van der Waals surface area contributed by atoms with E-state index in [4.69, 9.17) is 0 Å². The third kappa shape index (κ3) is 6.13. The Labute approximate surface area is 157 Å². The van der Waals surface area contributed by atoms with Crippen LogP contribution in [0.15, 0.2) is 29.5 Å². The number of guanidine groups is 1. The number of piperidine rings is 1. The van der Waals surface area contributed by atoms with E-state index >= 15 is 0 Å². The van der Waals surface area contributed by atoms with Crippen molar-refractivity contribution < 1.29 is 21.6 Å². The van der Waals surface area contributed by atoms with Gasteiger partial charge in [0.05, 0.1) is 0 Å². The minimum absolute atomic E-state index is 0.0598. The third-order valence-electron chi connectivity index (χ3n) is 4.39. The van der Waals surface area contributed by atoms with Crippen molar-refractivity contribution in [2.45, 2.75) is 31.8 Å². The fraction of sp³-hybridized carbons (Fsp3) is 0.688. The van der Waals surface area contributed by atoms with Crippen LogP contribution in [0.4, 0.5) is 13.2 Å². The zero-order valence-electron chi connectivity index (χ0n) is 15.2. The molecule has 2 heterocycles. The van der Waals surface area contributed by atoms with Crippen LogP contribution in [0.5, 0.6) is 0 Å². The van der Waals surface area contributed by atoms with Gasteiger partial charge in [0.2, 0.25) is 0 Å². The van der Waals surface area contributed by atoms with Crippen molar-refractivity contribution in [2.75, 3.05) is 32.7 Å². The Morgan fingerprint density at radius 2 is 1.81 bits per heavy atom. The second kappa shape index (κ2) is 9.45. The molecule has 1 saturated heterocycles. The molecule has 0 saturated carbocycles. The number of aliphatic imine (C=N–C) groups is 1.